The maximum absolute atomic E-state index is 15.4. The highest BCUT2D eigenvalue weighted by Crippen LogP contribution is 2.37. The molecule has 0 aliphatic carbocycles. The third kappa shape index (κ3) is 7.82. The van der Waals surface area contributed by atoms with Crippen molar-refractivity contribution in [2.24, 2.45) is 0 Å². The number of hydrogen-bond acceptors (Lipinski definition) is 0. The van der Waals surface area contributed by atoms with Crippen molar-refractivity contribution in [2.45, 2.75) is 10.3 Å². The van der Waals surface area contributed by atoms with E-state index in [0.717, 1.165) is 16.5 Å². The highest BCUT2D eigenvalue weighted by molar-refractivity contribution is 7.20. The van der Waals surface area contributed by atoms with Gasteiger partial charge in [0.25, 0.3) is 3.79 Å². The Bertz CT molecular complexity index is 2730. The molecule has 1 aromatic heterocycles. The minimum Gasteiger partial charge on any atom is -0.207 e. The molecule has 0 bridgehead atoms. The molecule has 0 unspecified atom stereocenters. The largest absolute Gasteiger partial charge is 0.275 e. The van der Waals surface area contributed by atoms with E-state index in [2.05, 4.69) is 22.8 Å². The molecule has 0 saturated carbocycles. The van der Waals surface area contributed by atoms with Crippen molar-refractivity contribution in [2.75, 3.05) is 0 Å². The van der Waals surface area contributed by atoms with Crippen LogP contribution in [0.5, 0.6) is 0 Å². The Morgan fingerprint density at radius 3 is 0.909 bits per heavy atom. The lowest BCUT2D eigenvalue weighted by Gasteiger charge is -2.44. The predicted octanol–water partition coefficient (Wildman–Crippen LogP) is 10.8. The fourth-order valence-electron chi connectivity index (χ4n) is 7.32. The molecule has 0 spiro atoms. The quantitative estimate of drug-likeness (QED) is 0.0390. The minimum absolute atomic E-state index is 0.658. The van der Waals surface area contributed by atoms with Gasteiger partial charge in [-0.2, -0.15) is 4.57 Å². The number of alkyl halides is 3. The fourth-order valence-corrected chi connectivity index (χ4v) is 7.82. The van der Waals surface area contributed by atoms with E-state index in [1.807, 2.05) is 48.5 Å². The molecule has 0 saturated heterocycles. The first kappa shape index (κ1) is 49.7. The van der Waals surface area contributed by atoms with Crippen LogP contribution in [0.3, 0.4) is 0 Å². The Hall–Kier alpha value is -5.74. The number of pyridine rings is 1. The fraction of sp³-hybridized carbons (Fsp3) is 0.0488. The molecule has 25 heteroatoms. The van der Waals surface area contributed by atoms with Gasteiger partial charge in [-0.25, -0.2) is 87.8 Å². The summed E-state index contributed by atoms with van der Waals surface area (Å²) < 4.78 is 295. The molecule has 346 valence electrons. The summed E-state index contributed by atoms with van der Waals surface area (Å²) in [5.74, 6) is -71.4. The first-order valence-corrected chi connectivity index (χ1v) is 18.7. The predicted molar refractivity (Wildman–Crippen MR) is 198 cm³/mol. The zero-order valence-corrected chi connectivity index (χ0v) is 33.5. The SMILES string of the molecule is ClC(Cl)(Cl)c1ccc2ccccc2[n+]1Cc1ccccc1.Fc1c(F)c(F)c([B-](c2c(F)c(F)c(F)c(F)c2F)(c2c(F)c(F)c(F)c(F)c2F)c2c(F)c(F)c(F)c(F)c2F)c(F)c1F. The number of para-hydroxylation sites is 1. The first-order valence-electron chi connectivity index (χ1n) is 17.5. The Labute approximate surface area is 369 Å². The van der Waals surface area contributed by atoms with Gasteiger partial charge in [0.05, 0.1) is 0 Å². The number of rotatable bonds is 6. The topological polar surface area (TPSA) is 3.88 Å². The lowest BCUT2D eigenvalue weighted by molar-refractivity contribution is -0.670. The Morgan fingerprint density at radius 1 is 0.333 bits per heavy atom. The molecule has 0 aliphatic rings. The summed E-state index contributed by atoms with van der Waals surface area (Å²) in [7, 11) is 0. The molecule has 0 aliphatic heterocycles. The lowest BCUT2D eigenvalue weighted by atomic mass is 9.12. The molecule has 0 radical (unpaired) electrons. The number of fused-ring (bicyclic) bond motifs is 1. The number of benzene rings is 6. The highest BCUT2D eigenvalue weighted by Gasteiger charge is 2.52. The monoisotopic (exact) mass is 1010 g/mol. The Kier molecular flexibility index (Phi) is 13.7. The van der Waals surface area contributed by atoms with Gasteiger partial charge in [0.15, 0.2) is 76.4 Å². The van der Waals surface area contributed by atoms with Gasteiger partial charge in [-0.1, -0.05) is 77.3 Å². The summed E-state index contributed by atoms with van der Waals surface area (Å²) in [5.41, 5.74) is -11.5. The van der Waals surface area contributed by atoms with Crippen molar-refractivity contribution in [3.8, 4) is 0 Å². The van der Waals surface area contributed by atoms with Gasteiger partial charge >= 0.3 is 0 Å². The van der Waals surface area contributed by atoms with Gasteiger partial charge in [0.1, 0.15) is 52.7 Å². The van der Waals surface area contributed by atoms with Crippen molar-refractivity contribution in [1.29, 1.82) is 0 Å². The van der Waals surface area contributed by atoms with E-state index < -0.39 is 148 Å². The van der Waals surface area contributed by atoms with Crippen molar-refractivity contribution in [3.05, 3.63) is 194 Å². The van der Waals surface area contributed by atoms with Gasteiger partial charge in [0, 0.05) is 23.1 Å². The summed E-state index contributed by atoms with van der Waals surface area (Å²) in [4.78, 5) is 0. The van der Waals surface area contributed by atoms with Crippen LogP contribution in [-0.4, -0.2) is 6.15 Å². The zero-order valence-electron chi connectivity index (χ0n) is 31.3. The molecule has 0 N–H and O–H groups in total. The van der Waals surface area contributed by atoms with E-state index in [-0.39, 0.29) is 0 Å². The van der Waals surface area contributed by atoms with Gasteiger partial charge in [0.2, 0.25) is 11.2 Å². The smallest absolute Gasteiger partial charge is 0.207 e. The third-order valence-corrected chi connectivity index (χ3v) is 10.7. The average molecular weight is 1020 g/mol. The molecule has 1 heterocycles. The number of nitrogens with zero attached hydrogens (tertiary/aromatic N) is 1. The van der Waals surface area contributed by atoms with Gasteiger partial charge in [-0.3, -0.25) is 0 Å². The second kappa shape index (κ2) is 18.2. The average Bonchev–Trinajstić information content (AvgIpc) is 3.29. The standard InChI is InChI=1S/C24BF20.C17H13Cl3N/c26-5-1(6(27)14(35)21(42)13(5)34)25(2-7(28)15(36)22(43)16(37)8(2)29,3-9(30)17(38)23(44)18(39)10(3)31)4-11(32)19(40)24(45)20(41)12(4)33;18-17(19,20)16-11-10-14-8-4-5-9-15(14)21(16)12-13-6-2-1-3-7-13/h;1-11H,12H2/q-1;+1. The molecular formula is C41H13BCl3F20N. The second-order valence-electron chi connectivity index (χ2n) is 13.6. The van der Waals surface area contributed by atoms with Crippen LogP contribution in [0.4, 0.5) is 87.8 Å². The second-order valence-corrected chi connectivity index (χ2v) is 15.9. The van der Waals surface area contributed by atoms with Gasteiger partial charge in [-0.15, -0.1) is 21.9 Å². The molecule has 66 heavy (non-hydrogen) atoms. The third-order valence-electron chi connectivity index (χ3n) is 10.1. The maximum atomic E-state index is 15.4. The number of halogens is 23. The van der Waals surface area contributed by atoms with Crippen LogP contribution >= 0.6 is 34.8 Å². The summed E-state index contributed by atoms with van der Waals surface area (Å²) in [6, 6.07) is 22.1. The summed E-state index contributed by atoms with van der Waals surface area (Å²) >= 11 is 18.4. The minimum atomic E-state index is -7.22. The van der Waals surface area contributed by atoms with E-state index in [4.69, 9.17) is 34.8 Å². The number of hydrogen-bond donors (Lipinski definition) is 0. The first-order chi connectivity index (χ1) is 30.8. The highest BCUT2D eigenvalue weighted by atomic mass is 35.6. The summed E-state index contributed by atoms with van der Waals surface area (Å²) in [6.07, 6.45) is -7.22. The van der Waals surface area contributed by atoms with Crippen LogP contribution in [-0.2, 0) is 10.3 Å². The molecule has 0 amide bonds. The summed E-state index contributed by atoms with van der Waals surface area (Å²) in [6.45, 7) is 0.658. The normalized spacial score (nSPS) is 11.9. The Balaban J connectivity index is 0.000000284. The van der Waals surface area contributed by atoms with Crippen LogP contribution in [0.25, 0.3) is 10.9 Å². The molecule has 7 aromatic rings. The van der Waals surface area contributed by atoms with Crippen molar-refractivity contribution >= 4 is 73.7 Å². The van der Waals surface area contributed by atoms with E-state index in [9.17, 15) is 52.7 Å². The molecule has 6 aromatic carbocycles. The van der Waals surface area contributed by atoms with Crippen LogP contribution < -0.4 is 26.4 Å². The van der Waals surface area contributed by atoms with E-state index >= 15 is 35.1 Å². The molecule has 0 atom stereocenters. The lowest BCUT2D eigenvalue weighted by Crippen LogP contribution is -2.81. The van der Waals surface area contributed by atoms with Crippen LogP contribution in [0.1, 0.15) is 11.3 Å². The molecule has 1 nitrogen and oxygen atoms in total. The molecule has 7 rings (SSSR count). The van der Waals surface area contributed by atoms with Crippen LogP contribution in [0.2, 0.25) is 0 Å². The maximum Gasteiger partial charge on any atom is 0.275 e. The van der Waals surface area contributed by atoms with Crippen molar-refractivity contribution in [3.63, 3.8) is 0 Å². The van der Waals surface area contributed by atoms with Crippen molar-refractivity contribution < 1.29 is 92.4 Å². The van der Waals surface area contributed by atoms with Crippen LogP contribution in [0.15, 0.2) is 66.7 Å². The van der Waals surface area contributed by atoms with E-state index in [0.29, 0.717) is 12.2 Å². The molecular weight excluding hydrogens is 1000 g/mol. The number of aromatic nitrogens is 1. The zero-order chi connectivity index (χ0) is 49.2. The molecule has 0 fully saturated rings. The van der Waals surface area contributed by atoms with Crippen LogP contribution in [0, 0.1) is 116 Å². The van der Waals surface area contributed by atoms with Gasteiger partial charge in [-0.05, 0) is 12.1 Å². The van der Waals surface area contributed by atoms with E-state index in [1.54, 1.807) is 0 Å². The van der Waals surface area contributed by atoms with Crippen molar-refractivity contribution in [1.82, 2.24) is 0 Å². The Morgan fingerprint density at radius 2 is 0.606 bits per heavy atom. The summed E-state index contributed by atoms with van der Waals surface area (Å²) in [5, 5.41) is 1.12. The van der Waals surface area contributed by atoms with E-state index in [1.165, 1.54) is 0 Å². The van der Waals surface area contributed by atoms with Gasteiger partial charge < -0.3 is 0 Å².